The van der Waals surface area contributed by atoms with Crippen molar-refractivity contribution in [2.75, 3.05) is 5.32 Å². The van der Waals surface area contributed by atoms with Crippen molar-refractivity contribution in [2.45, 2.75) is 82.7 Å². The molecule has 6 heteroatoms. The smallest absolute Gasteiger partial charge is 0.255 e. The average molecular weight is 480 g/mol. The molecular weight excluding hydrogens is 441 g/mol. The van der Waals surface area contributed by atoms with Crippen LogP contribution in [0.4, 0.5) is 10.1 Å². The summed E-state index contributed by atoms with van der Waals surface area (Å²) in [7, 11) is 0. The number of halogens is 1. The van der Waals surface area contributed by atoms with Crippen LogP contribution in [0, 0.1) is 17.7 Å². The van der Waals surface area contributed by atoms with Gasteiger partial charge in [0, 0.05) is 23.3 Å². The molecule has 2 amide bonds. The van der Waals surface area contributed by atoms with Crippen LogP contribution in [0.2, 0.25) is 0 Å². The minimum absolute atomic E-state index is 0.0475. The number of benzene rings is 2. The molecule has 35 heavy (non-hydrogen) atoms. The summed E-state index contributed by atoms with van der Waals surface area (Å²) in [4.78, 5) is 25.2. The zero-order valence-electron chi connectivity index (χ0n) is 20.6. The SMILES string of the molecule is CC(C(=O)NC1CCC(CC2CCC(N)CC2)CC1)c1ccc(NC(=O)c2cccc(F)c2)cc1. The van der Waals surface area contributed by atoms with Gasteiger partial charge in [-0.3, -0.25) is 9.59 Å². The average Bonchev–Trinajstić information content (AvgIpc) is 2.86. The Hall–Kier alpha value is -2.73. The van der Waals surface area contributed by atoms with Crippen LogP contribution in [0.15, 0.2) is 48.5 Å². The molecule has 188 valence electrons. The molecule has 2 aromatic carbocycles. The van der Waals surface area contributed by atoms with Gasteiger partial charge in [0.25, 0.3) is 5.91 Å². The Balaban J connectivity index is 1.22. The first-order chi connectivity index (χ1) is 16.9. The molecular formula is C29H38FN3O2. The Morgan fingerprint density at radius 2 is 1.57 bits per heavy atom. The van der Waals surface area contributed by atoms with Crippen molar-refractivity contribution in [2.24, 2.45) is 17.6 Å². The van der Waals surface area contributed by atoms with E-state index in [0.29, 0.717) is 11.7 Å². The maximum atomic E-state index is 13.4. The highest BCUT2D eigenvalue weighted by molar-refractivity contribution is 6.04. The van der Waals surface area contributed by atoms with Gasteiger partial charge in [-0.2, -0.15) is 0 Å². The van der Waals surface area contributed by atoms with Crippen molar-refractivity contribution in [3.8, 4) is 0 Å². The van der Waals surface area contributed by atoms with E-state index in [1.807, 2.05) is 19.1 Å². The number of carbonyl (C=O) groups excluding carboxylic acids is 2. The fraction of sp³-hybridized carbons (Fsp3) is 0.517. The van der Waals surface area contributed by atoms with E-state index in [1.54, 1.807) is 18.2 Å². The first-order valence-electron chi connectivity index (χ1n) is 13.1. The van der Waals surface area contributed by atoms with E-state index in [9.17, 15) is 14.0 Å². The standard InChI is InChI=1S/C29H38FN3O2/c1-19(22-9-15-27(16-10-22)33-29(35)23-3-2-4-24(30)18-23)28(34)32-26-13-7-21(8-14-26)17-20-5-11-25(31)12-6-20/h2-4,9-10,15-16,18-21,25-26H,5-8,11-14,17,31H2,1H3,(H,32,34)(H,33,35). The highest BCUT2D eigenvalue weighted by atomic mass is 19.1. The summed E-state index contributed by atoms with van der Waals surface area (Å²) < 4.78 is 13.4. The summed E-state index contributed by atoms with van der Waals surface area (Å²) in [6.07, 6.45) is 10.7. The van der Waals surface area contributed by atoms with Crippen LogP contribution < -0.4 is 16.4 Å². The molecule has 2 saturated carbocycles. The molecule has 2 aliphatic carbocycles. The Morgan fingerprint density at radius 3 is 2.20 bits per heavy atom. The second-order valence-electron chi connectivity index (χ2n) is 10.6. The number of hydrogen-bond donors (Lipinski definition) is 3. The van der Waals surface area contributed by atoms with E-state index in [2.05, 4.69) is 10.6 Å². The molecule has 0 saturated heterocycles. The van der Waals surface area contributed by atoms with Gasteiger partial charge in [0.2, 0.25) is 5.91 Å². The summed E-state index contributed by atoms with van der Waals surface area (Å²) in [5, 5.41) is 6.03. The second kappa shape index (κ2) is 11.8. The summed E-state index contributed by atoms with van der Waals surface area (Å²) in [5.41, 5.74) is 7.81. The van der Waals surface area contributed by atoms with E-state index in [0.717, 1.165) is 30.2 Å². The molecule has 0 bridgehead atoms. The van der Waals surface area contributed by atoms with Crippen molar-refractivity contribution < 1.29 is 14.0 Å². The van der Waals surface area contributed by atoms with Gasteiger partial charge >= 0.3 is 0 Å². The van der Waals surface area contributed by atoms with Crippen molar-refractivity contribution in [3.63, 3.8) is 0 Å². The van der Waals surface area contributed by atoms with E-state index >= 15 is 0 Å². The number of hydrogen-bond acceptors (Lipinski definition) is 3. The Bertz CT molecular complexity index is 993. The van der Waals surface area contributed by atoms with Gasteiger partial charge in [0.05, 0.1) is 5.92 Å². The van der Waals surface area contributed by atoms with E-state index in [1.165, 1.54) is 63.1 Å². The Labute approximate surface area is 208 Å². The highest BCUT2D eigenvalue weighted by Crippen LogP contribution is 2.35. The molecule has 1 atom stereocenters. The first kappa shape index (κ1) is 25.4. The lowest BCUT2D eigenvalue weighted by Crippen LogP contribution is -2.40. The summed E-state index contributed by atoms with van der Waals surface area (Å²) >= 11 is 0. The number of rotatable bonds is 7. The van der Waals surface area contributed by atoms with Crippen LogP contribution in [0.5, 0.6) is 0 Å². The van der Waals surface area contributed by atoms with Gasteiger partial charge in [-0.25, -0.2) is 4.39 Å². The van der Waals surface area contributed by atoms with Crippen LogP contribution in [-0.2, 0) is 4.79 Å². The largest absolute Gasteiger partial charge is 0.353 e. The lowest BCUT2D eigenvalue weighted by molar-refractivity contribution is -0.123. The monoisotopic (exact) mass is 479 g/mol. The van der Waals surface area contributed by atoms with Gasteiger partial charge in [-0.15, -0.1) is 0 Å². The molecule has 0 aliphatic heterocycles. The highest BCUT2D eigenvalue weighted by Gasteiger charge is 2.27. The lowest BCUT2D eigenvalue weighted by Gasteiger charge is -2.34. The molecule has 2 aliphatic rings. The van der Waals surface area contributed by atoms with Crippen molar-refractivity contribution in [3.05, 3.63) is 65.5 Å². The molecule has 0 radical (unpaired) electrons. The number of nitrogens with two attached hydrogens (primary N) is 1. The maximum absolute atomic E-state index is 13.4. The van der Waals surface area contributed by atoms with E-state index in [4.69, 9.17) is 5.73 Å². The minimum atomic E-state index is -0.448. The van der Waals surface area contributed by atoms with Crippen LogP contribution in [0.1, 0.15) is 86.6 Å². The van der Waals surface area contributed by atoms with Gasteiger partial charge < -0.3 is 16.4 Å². The molecule has 0 heterocycles. The molecule has 1 unspecified atom stereocenters. The molecule has 5 nitrogen and oxygen atoms in total. The fourth-order valence-corrected chi connectivity index (χ4v) is 5.60. The third-order valence-corrected chi connectivity index (χ3v) is 7.90. The molecule has 4 rings (SSSR count). The van der Waals surface area contributed by atoms with Crippen molar-refractivity contribution >= 4 is 17.5 Å². The summed E-state index contributed by atoms with van der Waals surface area (Å²) in [6.45, 7) is 1.91. The quantitative estimate of drug-likeness (QED) is 0.472. The topological polar surface area (TPSA) is 84.2 Å². The second-order valence-corrected chi connectivity index (χ2v) is 10.6. The van der Waals surface area contributed by atoms with Crippen LogP contribution >= 0.6 is 0 Å². The third kappa shape index (κ3) is 7.14. The molecule has 4 N–H and O–H groups in total. The molecule has 0 aromatic heterocycles. The number of carbonyl (C=O) groups is 2. The Kier molecular flexibility index (Phi) is 8.55. The third-order valence-electron chi connectivity index (χ3n) is 7.90. The van der Waals surface area contributed by atoms with Crippen molar-refractivity contribution in [1.29, 1.82) is 0 Å². The fourth-order valence-electron chi connectivity index (χ4n) is 5.60. The predicted octanol–water partition coefficient (Wildman–Crippen LogP) is 5.76. The van der Waals surface area contributed by atoms with Crippen molar-refractivity contribution in [1.82, 2.24) is 5.32 Å². The van der Waals surface area contributed by atoms with Gasteiger partial charge in [-0.05, 0) is 112 Å². The van der Waals surface area contributed by atoms with Gasteiger partial charge in [0.1, 0.15) is 5.82 Å². The van der Waals surface area contributed by atoms with Crippen LogP contribution in [0.3, 0.4) is 0 Å². The lowest BCUT2D eigenvalue weighted by atomic mass is 9.76. The summed E-state index contributed by atoms with van der Waals surface area (Å²) in [5.74, 6) is 0.586. The molecule has 2 fully saturated rings. The minimum Gasteiger partial charge on any atom is -0.353 e. The number of amides is 2. The predicted molar refractivity (Wildman–Crippen MR) is 138 cm³/mol. The number of nitrogens with one attached hydrogen (secondary N) is 2. The molecule has 2 aromatic rings. The summed E-state index contributed by atoms with van der Waals surface area (Å²) in [6, 6.07) is 13.5. The first-order valence-corrected chi connectivity index (χ1v) is 13.1. The van der Waals surface area contributed by atoms with Gasteiger partial charge in [0.15, 0.2) is 0 Å². The normalized spacial score (nSPS) is 25.5. The van der Waals surface area contributed by atoms with Gasteiger partial charge in [-0.1, -0.05) is 18.2 Å². The Morgan fingerprint density at radius 1 is 0.943 bits per heavy atom. The molecule has 0 spiro atoms. The zero-order chi connectivity index (χ0) is 24.8. The van der Waals surface area contributed by atoms with E-state index in [-0.39, 0.29) is 29.3 Å². The van der Waals surface area contributed by atoms with Crippen LogP contribution in [0.25, 0.3) is 0 Å². The zero-order valence-corrected chi connectivity index (χ0v) is 20.6. The maximum Gasteiger partial charge on any atom is 0.255 e. The van der Waals surface area contributed by atoms with Crippen LogP contribution in [-0.4, -0.2) is 23.9 Å². The van der Waals surface area contributed by atoms with E-state index < -0.39 is 5.82 Å². The number of anilines is 1.